The van der Waals surface area contributed by atoms with Gasteiger partial charge in [0, 0.05) is 24.4 Å². The number of nitrogens with one attached hydrogen (secondary N) is 3. The molecule has 1 aromatic rings. The zero-order valence-electron chi connectivity index (χ0n) is 30.1. The van der Waals surface area contributed by atoms with Gasteiger partial charge in [-0.05, 0) is 63.0 Å². The third kappa shape index (κ3) is 8.41. The molecule has 2 aliphatic carbocycles. The molecule has 5 atom stereocenters. The van der Waals surface area contributed by atoms with Crippen LogP contribution >= 0.6 is 0 Å². The molecule has 0 aromatic heterocycles. The summed E-state index contributed by atoms with van der Waals surface area (Å²) in [6, 6.07) is 2.08. The van der Waals surface area contributed by atoms with E-state index in [1.54, 1.807) is 12.1 Å². The number of alkyl halides is 2. The van der Waals surface area contributed by atoms with Crippen LogP contribution in [0.2, 0.25) is 0 Å². The van der Waals surface area contributed by atoms with Crippen LogP contribution in [0.25, 0.3) is 0 Å². The molecule has 0 spiro atoms. The van der Waals surface area contributed by atoms with Crippen molar-refractivity contribution >= 4 is 40.1 Å². The number of carbonyl (C=O) groups is 5. The maximum absolute atomic E-state index is 14.4. The Hall–Kier alpha value is -4.39. The molecular weight excluding hydrogens is 749 g/mol. The number of ether oxygens (including phenoxy) is 2. The molecule has 4 heterocycles. The highest BCUT2D eigenvalue weighted by atomic mass is 32.2. The molecule has 15 nitrogen and oxygen atoms in total. The van der Waals surface area contributed by atoms with Crippen molar-refractivity contribution in [3.05, 3.63) is 47.3 Å². The summed E-state index contributed by atoms with van der Waals surface area (Å²) in [4.78, 5) is 71.1. The predicted molar refractivity (Wildman–Crippen MR) is 186 cm³/mol. The van der Waals surface area contributed by atoms with Gasteiger partial charge in [0.05, 0.1) is 26.2 Å². The molecule has 300 valence electrons. The summed E-state index contributed by atoms with van der Waals surface area (Å²) in [6.07, 6.45) is 6.36. The smallest absolute Gasteiger partial charge is 0.410 e. The van der Waals surface area contributed by atoms with Crippen molar-refractivity contribution < 1.29 is 55.0 Å². The molecule has 5 amide bonds. The topological polar surface area (TPSA) is 184 Å². The van der Waals surface area contributed by atoms with Crippen molar-refractivity contribution in [1.82, 2.24) is 29.5 Å². The Bertz CT molecular complexity index is 1850. The Morgan fingerprint density at radius 3 is 2.42 bits per heavy atom. The monoisotopic (exact) mass is 794 g/mol. The maximum Gasteiger partial charge on any atom is 0.410 e. The lowest BCUT2D eigenvalue weighted by Crippen LogP contribution is -2.64. The fraction of sp³-hybridized carbons (Fsp3) is 0.639. The summed E-state index contributed by atoms with van der Waals surface area (Å²) in [5, 5.41) is 5.35. The van der Waals surface area contributed by atoms with E-state index in [0.717, 1.165) is 12.8 Å². The average Bonchev–Trinajstić information content (AvgIpc) is 3.53. The normalized spacial score (nSPS) is 30.4. The highest BCUT2D eigenvalue weighted by Crippen LogP contribution is 2.46. The van der Waals surface area contributed by atoms with Crippen molar-refractivity contribution in [2.45, 2.75) is 119 Å². The van der Waals surface area contributed by atoms with Crippen LogP contribution in [-0.2, 0) is 47.2 Å². The number of alkyl carbamates (subject to hydrolysis) is 1. The van der Waals surface area contributed by atoms with Crippen molar-refractivity contribution in [1.29, 1.82) is 0 Å². The Morgan fingerprint density at radius 2 is 1.69 bits per heavy atom. The zero-order chi connectivity index (χ0) is 39.1. The first kappa shape index (κ1) is 38.9. The minimum atomic E-state index is -4.67. The van der Waals surface area contributed by atoms with E-state index in [4.69, 9.17) is 9.47 Å². The number of carbonyl (C=O) groups excluding carboxylic acids is 5. The van der Waals surface area contributed by atoms with Gasteiger partial charge in [0.2, 0.25) is 11.8 Å². The largest absolute Gasteiger partial charge is 0.446 e. The number of halogens is 3. The van der Waals surface area contributed by atoms with Crippen LogP contribution < -0.4 is 15.4 Å². The first-order chi connectivity index (χ1) is 26.1. The van der Waals surface area contributed by atoms with E-state index >= 15 is 0 Å². The minimum absolute atomic E-state index is 0.00486. The molecule has 1 aromatic carbocycles. The quantitative estimate of drug-likeness (QED) is 0.365. The van der Waals surface area contributed by atoms with Gasteiger partial charge in [-0.1, -0.05) is 37.1 Å². The fourth-order valence-corrected chi connectivity index (χ4v) is 9.40. The summed E-state index contributed by atoms with van der Waals surface area (Å²) >= 11 is 0. The Kier molecular flexibility index (Phi) is 10.8. The molecule has 2 saturated carbocycles. The van der Waals surface area contributed by atoms with Crippen LogP contribution in [0.5, 0.6) is 0 Å². The lowest BCUT2D eigenvalue weighted by atomic mass is 10.0. The van der Waals surface area contributed by atoms with E-state index in [9.17, 15) is 45.6 Å². The molecule has 0 bridgehead atoms. The van der Waals surface area contributed by atoms with Crippen molar-refractivity contribution in [2.24, 2.45) is 5.92 Å². The van der Waals surface area contributed by atoms with E-state index in [-0.39, 0.29) is 45.0 Å². The van der Waals surface area contributed by atoms with Crippen molar-refractivity contribution in [3.8, 4) is 0 Å². The van der Waals surface area contributed by atoms with Crippen LogP contribution in [0.15, 0.2) is 30.4 Å². The van der Waals surface area contributed by atoms with E-state index < -0.39 is 94.6 Å². The number of allylic oxidation sites excluding steroid dienone is 1. The maximum atomic E-state index is 14.4. The zero-order valence-corrected chi connectivity index (χ0v) is 31.0. The average molecular weight is 795 g/mol. The highest BCUT2D eigenvalue weighted by Gasteiger charge is 2.62. The van der Waals surface area contributed by atoms with Gasteiger partial charge in [-0.2, -0.15) is 12.7 Å². The van der Waals surface area contributed by atoms with Gasteiger partial charge in [-0.15, -0.1) is 0 Å². The molecule has 4 aliphatic heterocycles. The van der Waals surface area contributed by atoms with Crippen LogP contribution in [0.4, 0.5) is 22.8 Å². The molecule has 1 unspecified atom stereocenters. The van der Waals surface area contributed by atoms with Gasteiger partial charge in [-0.3, -0.25) is 19.3 Å². The lowest BCUT2D eigenvalue weighted by Gasteiger charge is -2.37. The standard InChI is InChI=1S/C36H45F3N6O9S/c37-27-13-8-9-22-17-43(19-26(22)27)34(50)54-25-15-29-30(46)41-36(32(48)42-55(51,52)44-20-35(38,39)21-44)16-23(36)10-4-2-1-3-5-14-28(31(47)45(29)18-25)40-33(49)53-24-11-6-7-12-24/h4,8-10,13,23-25,28-29H,1-3,5-7,11-12,14-21H2,(H,40,49)(H,41,46)(H,42,48)/b10-4-/t23-,25+,28-,29?,36+/m0/s1. The fourth-order valence-electron chi connectivity index (χ4n) is 8.14. The summed E-state index contributed by atoms with van der Waals surface area (Å²) in [7, 11) is -4.67. The molecule has 55 heavy (non-hydrogen) atoms. The molecule has 0 radical (unpaired) electrons. The molecule has 3 N–H and O–H groups in total. The number of fused-ring (bicyclic) bond motifs is 3. The van der Waals surface area contributed by atoms with Crippen LogP contribution in [0.3, 0.4) is 0 Å². The van der Waals surface area contributed by atoms with Gasteiger partial charge in [0.25, 0.3) is 11.8 Å². The lowest BCUT2D eigenvalue weighted by molar-refractivity contribution is -0.141. The second kappa shape index (κ2) is 15.3. The minimum Gasteiger partial charge on any atom is -0.446 e. The Balaban J connectivity index is 1.12. The molecule has 4 fully saturated rings. The number of hydrogen-bond donors (Lipinski definition) is 3. The van der Waals surface area contributed by atoms with Crippen LogP contribution in [0.1, 0.15) is 81.8 Å². The van der Waals surface area contributed by atoms with Crippen molar-refractivity contribution in [3.63, 3.8) is 0 Å². The van der Waals surface area contributed by atoms with E-state index in [1.807, 2.05) is 10.8 Å². The number of amides is 5. The molecule has 2 saturated heterocycles. The second-order valence-electron chi connectivity index (χ2n) is 15.4. The first-order valence-electron chi connectivity index (χ1n) is 18.8. The van der Waals surface area contributed by atoms with Gasteiger partial charge >= 0.3 is 22.4 Å². The number of rotatable bonds is 6. The number of nitrogens with zero attached hydrogens (tertiary/aromatic N) is 3. The Morgan fingerprint density at radius 1 is 0.945 bits per heavy atom. The third-order valence-electron chi connectivity index (χ3n) is 11.3. The molecule has 7 rings (SSSR count). The third-order valence-corrected chi connectivity index (χ3v) is 12.7. The van der Waals surface area contributed by atoms with Gasteiger partial charge in [0.15, 0.2) is 0 Å². The Labute approximate surface area is 316 Å². The van der Waals surface area contributed by atoms with Gasteiger partial charge in [-0.25, -0.2) is 27.5 Å². The molecule has 19 heteroatoms. The first-order valence-corrected chi connectivity index (χ1v) is 20.3. The summed E-state index contributed by atoms with van der Waals surface area (Å²) in [5.41, 5.74) is -0.815. The van der Waals surface area contributed by atoms with Gasteiger partial charge < -0.3 is 25.0 Å². The summed E-state index contributed by atoms with van der Waals surface area (Å²) in [5.74, 6) is -6.95. The van der Waals surface area contributed by atoms with E-state index in [0.29, 0.717) is 54.0 Å². The van der Waals surface area contributed by atoms with E-state index in [1.165, 1.54) is 21.9 Å². The second-order valence-corrected chi connectivity index (χ2v) is 17.1. The number of benzene rings is 1. The van der Waals surface area contributed by atoms with Crippen LogP contribution in [0, 0.1) is 11.7 Å². The van der Waals surface area contributed by atoms with E-state index in [2.05, 4.69) is 10.6 Å². The summed E-state index contributed by atoms with van der Waals surface area (Å²) < 4.78 is 80.8. The number of hydrogen-bond acceptors (Lipinski definition) is 9. The van der Waals surface area contributed by atoms with Gasteiger partial charge in [0.1, 0.15) is 35.6 Å². The SMILES string of the molecule is O=C(N[C@H]1CCCCC/C=C\[C@H]2C[C@@]2(C(=O)NS(=O)(=O)N2CC(F)(F)C2)NC(=O)C2C[C@@H](OC(=O)N3Cc4cccc(F)c4C3)CN2C1=O)OC1CCCC1. The highest BCUT2D eigenvalue weighted by molar-refractivity contribution is 7.87. The van der Waals surface area contributed by atoms with Crippen LogP contribution in [-0.4, -0.2) is 108 Å². The molecular formula is C36H45F3N6O9S. The summed E-state index contributed by atoms with van der Waals surface area (Å²) in [6.45, 7) is -2.41. The molecule has 6 aliphatic rings. The van der Waals surface area contributed by atoms with Crippen molar-refractivity contribution in [2.75, 3.05) is 19.6 Å². The predicted octanol–water partition coefficient (Wildman–Crippen LogP) is 2.99.